The predicted molar refractivity (Wildman–Crippen MR) is 90.7 cm³/mol. The molecule has 3 rings (SSSR count). The van der Waals surface area contributed by atoms with Crippen molar-refractivity contribution in [2.24, 2.45) is 0 Å². The standard InChI is InChI=1S/C17H23N5O2/c1-12-19-16(24-20-12)11-18-17(23)22-9-5-8-15(22)13-6-4-7-14(10-13)21(2)3/h4,6-7,10,15H,5,8-9,11H2,1-3H3,(H,18,23). The number of aryl methyl sites for hydroxylation is 1. The number of likely N-dealkylation sites (tertiary alicyclic amines) is 1. The van der Waals surface area contributed by atoms with Crippen LogP contribution in [0.1, 0.15) is 36.2 Å². The second-order valence-corrected chi connectivity index (χ2v) is 6.23. The molecule has 2 aromatic rings. The van der Waals surface area contributed by atoms with Gasteiger partial charge in [-0.15, -0.1) is 0 Å². The van der Waals surface area contributed by atoms with Crippen molar-refractivity contribution in [3.63, 3.8) is 0 Å². The van der Waals surface area contributed by atoms with Crippen LogP contribution in [0.25, 0.3) is 0 Å². The molecule has 2 heterocycles. The number of aromatic nitrogens is 2. The number of rotatable bonds is 4. The van der Waals surface area contributed by atoms with E-state index in [1.54, 1.807) is 6.92 Å². The normalized spacial score (nSPS) is 17.1. The van der Waals surface area contributed by atoms with Crippen LogP contribution in [0.15, 0.2) is 28.8 Å². The van der Waals surface area contributed by atoms with Crippen molar-refractivity contribution in [1.29, 1.82) is 0 Å². The van der Waals surface area contributed by atoms with Crippen LogP contribution in [-0.2, 0) is 6.54 Å². The molecule has 1 atom stereocenters. The third-order valence-corrected chi connectivity index (χ3v) is 4.25. The Bertz CT molecular complexity index is 713. The zero-order valence-corrected chi connectivity index (χ0v) is 14.3. The molecule has 24 heavy (non-hydrogen) atoms. The lowest BCUT2D eigenvalue weighted by Gasteiger charge is -2.26. The molecule has 1 unspecified atom stereocenters. The Morgan fingerprint density at radius 2 is 2.29 bits per heavy atom. The Kier molecular flexibility index (Phi) is 4.69. The molecule has 0 aliphatic carbocycles. The number of urea groups is 1. The first-order valence-corrected chi connectivity index (χ1v) is 8.15. The number of benzene rings is 1. The largest absolute Gasteiger partial charge is 0.378 e. The quantitative estimate of drug-likeness (QED) is 0.933. The van der Waals surface area contributed by atoms with Crippen molar-refractivity contribution in [2.45, 2.75) is 32.4 Å². The summed E-state index contributed by atoms with van der Waals surface area (Å²) in [6.45, 7) is 2.76. The summed E-state index contributed by atoms with van der Waals surface area (Å²) in [5, 5.41) is 6.60. The van der Waals surface area contributed by atoms with Gasteiger partial charge in [0.15, 0.2) is 5.82 Å². The van der Waals surface area contributed by atoms with Crippen LogP contribution in [0.4, 0.5) is 10.5 Å². The fourth-order valence-electron chi connectivity index (χ4n) is 3.03. The smallest absolute Gasteiger partial charge is 0.318 e. The first kappa shape index (κ1) is 16.3. The lowest BCUT2D eigenvalue weighted by Crippen LogP contribution is -2.39. The van der Waals surface area contributed by atoms with Gasteiger partial charge in [-0.1, -0.05) is 17.3 Å². The lowest BCUT2D eigenvalue weighted by atomic mass is 10.0. The van der Waals surface area contributed by atoms with E-state index in [9.17, 15) is 4.79 Å². The van der Waals surface area contributed by atoms with Gasteiger partial charge >= 0.3 is 6.03 Å². The number of hydrogen-bond donors (Lipinski definition) is 1. The molecular formula is C17H23N5O2. The second-order valence-electron chi connectivity index (χ2n) is 6.23. The summed E-state index contributed by atoms with van der Waals surface area (Å²) in [4.78, 5) is 20.6. The molecule has 1 aromatic heterocycles. The maximum atomic E-state index is 12.5. The number of carbonyl (C=O) groups excluding carboxylic acids is 1. The van der Waals surface area contributed by atoms with Crippen LogP contribution in [0.2, 0.25) is 0 Å². The molecular weight excluding hydrogens is 306 g/mol. The van der Waals surface area contributed by atoms with Gasteiger partial charge in [0.25, 0.3) is 0 Å². The molecule has 1 aliphatic heterocycles. The van der Waals surface area contributed by atoms with Gasteiger partial charge < -0.3 is 19.6 Å². The minimum atomic E-state index is -0.0939. The lowest BCUT2D eigenvalue weighted by molar-refractivity contribution is 0.191. The van der Waals surface area contributed by atoms with Crippen LogP contribution >= 0.6 is 0 Å². The van der Waals surface area contributed by atoms with E-state index in [4.69, 9.17) is 4.52 Å². The highest BCUT2D eigenvalue weighted by Crippen LogP contribution is 2.33. The molecule has 7 nitrogen and oxygen atoms in total. The molecule has 1 aromatic carbocycles. The summed E-state index contributed by atoms with van der Waals surface area (Å²) >= 11 is 0. The Balaban J connectivity index is 1.68. The Hall–Kier alpha value is -2.57. The van der Waals surface area contributed by atoms with Crippen molar-refractivity contribution in [2.75, 3.05) is 25.5 Å². The number of anilines is 1. The molecule has 7 heteroatoms. The summed E-state index contributed by atoms with van der Waals surface area (Å²) in [5.41, 5.74) is 2.31. The van der Waals surface area contributed by atoms with Gasteiger partial charge in [0.2, 0.25) is 5.89 Å². The summed E-state index contributed by atoms with van der Waals surface area (Å²) in [6, 6.07) is 8.36. The SMILES string of the molecule is Cc1noc(CNC(=O)N2CCCC2c2cccc(N(C)C)c2)n1. The summed E-state index contributed by atoms with van der Waals surface area (Å²) in [6.07, 6.45) is 1.98. The molecule has 0 saturated carbocycles. The molecule has 0 bridgehead atoms. The van der Waals surface area contributed by atoms with E-state index < -0.39 is 0 Å². The topological polar surface area (TPSA) is 74.5 Å². The molecule has 1 saturated heterocycles. The van der Waals surface area contributed by atoms with E-state index in [0.29, 0.717) is 11.7 Å². The highest BCUT2D eigenvalue weighted by Gasteiger charge is 2.30. The fourth-order valence-corrected chi connectivity index (χ4v) is 3.03. The minimum Gasteiger partial charge on any atom is -0.378 e. The maximum Gasteiger partial charge on any atom is 0.318 e. The molecule has 1 fully saturated rings. The number of hydrogen-bond acceptors (Lipinski definition) is 5. The van der Waals surface area contributed by atoms with Crippen LogP contribution in [0, 0.1) is 6.92 Å². The van der Waals surface area contributed by atoms with Crippen molar-refractivity contribution in [1.82, 2.24) is 20.4 Å². The van der Waals surface area contributed by atoms with Crippen LogP contribution < -0.4 is 10.2 Å². The number of nitrogens with zero attached hydrogens (tertiary/aromatic N) is 4. The number of carbonyl (C=O) groups is 1. The van der Waals surface area contributed by atoms with Crippen molar-refractivity contribution < 1.29 is 9.32 Å². The molecule has 0 spiro atoms. The predicted octanol–water partition coefficient (Wildman–Crippen LogP) is 2.49. The van der Waals surface area contributed by atoms with E-state index in [2.05, 4.69) is 38.6 Å². The highest BCUT2D eigenvalue weighted by atomic mass is 16.5. The summed E-state index contributed by atoms with van der Waals surface area (Å²) in [7, 11) is 4.04. The number of nitrogens with one attached hydrogen (secondary N) is 1. The first-order valence-electron chi connectivity index (χ1n) is 8.15. The van der Waals surface area contributed by atoms with Gasteiger partial charge in [-0.05, 0) is 37.5 Å². The zero-order valence-electron chi connectivity index (χ0n) is 14.3. The molecule has 1 N–H and O–H groups in total. The van der Waals surface area contributed by atoms with Gasteiger partial charge in [0, 0.05) is 26.3 Å². The molecule has 1 aliphatic rings. The zero-order chi connectivity index (χ0) is 17.1. The average Bonchev–Trinajstić information content (AvgIpc) is 3.21. The van der Waals surface area contributed by atoms with E-state index in [1.807, 2.05) is 25.1 Å². The van der Waals surface area contributed by atoms with Gasteiger partial charge in [0.05, 0.1) is 12.6 Å². The Morgan fingerprint density at radius 3 is 3.00 bits per heavy atom. The second kappa shape index (κ2) is 6.90. The molecule has 128 valence electrons. The average molecular weight is 329 g/mol. The van der Waals surface area contributed by atoms with Crippen LogP contribution in [0.3, 0.4) is 0 Å². The fraction of sp³-hybridized carbons (Fsp3) is 0.471. The first-order chi connectivity index (χ1) is 11.5. The van der Waals surface area contributed by atoms with Gasteiger partial charge in [-0.3, -0.25) is 0 Å². The van der Waals surface area contributed by atoms with E-state index in [-0.39, 0.29) is 18.6 Å². The van der Waals surface area contributed by atoms with Gasteiger partial charge in [0.1, 0.15) is 0 Å². The third kappa shape index (κ3) is 3.50. The van der Waals surface area contributed by atoms with E-state index in [1.165, 1.54) is 5.56 Å². The Labute approximate surface area is 141 Å². The van der Waals surface area contributed by atoms with E-state index in [0.717, 1.165) is 25.1 Å². The summed E-state index contributed by atoms with van der Waals surface area (Å²) in [5.74, 6) is 0.991. The minimum absolute atomic E-state index is 0.0939. The number of amides is 2. The van der Waals surface area contributed by atoms with Crippen molar-refractivity contribution >= 4 is 11.7 Å². The van der Waals surface area contributed by atoms with Crippen molar-refractivity contribution in [3.05, 3.63) is 41.5 Å². The van der Waals surface area contributed by atoms with Gasteiger partial charge in [-0.2, -0.15) is 4.98 Å². The highest BCUT2D eigenvalue weighted by molar-refractivity contribution is 5.75. The Morgan fingerprint density at radius 1 is 1.46 bits per heavy atom. The summed E-state index contributed by atoms with van der Waals surface area (Å²) < 4.78 is 5.03. The maximum absolute atomic E-state index is 12.5. The van der Waals surface area contributed by atoms with Gasteiger partial charge in [-0.25, -0.2) is 4.79 Å². The van der Waals surface area contributed by atoms with Crippen LogP contribution in [-0.4, -0.2) is 41.7 Å². The van der Waals surface area contributed by atoms with Crippen molar-refractivity contribution in [3.8, 4) is 0 Å². The third-order valence-electron chi connectivity index (χ3n) is 4.25. The molecule has 2 amide bonds. The van der Waals surface area contributed by atoms with E-state index >= 15 is 0 Å². The van der Waals surface area contributed by atoms with Crippen LogP contribution in [0.5, 0.6) is 0 Å². The molecule has 0 radical (unpaired) electrons. The monoisotopic (exact) mass is 329 g/mol.